The molecule has 0 aromatic rings. The van der Waals surface area contributed by atoms with Gasteiger partial charge in [-0.05, 0) is 30.1 Å². The van der Waals surface area contributed by atoms with Gasteiger partial charge in [0.2, 0.25) is 0 Å². The summed E-state index contributed by atoms with van der Waals surface area (Å²) >= 11 is 0. The maximum absolute atomic E-state index is 12.1. The molecule has 176 valence electrons. The van der Waals surface area contributed by atoms with Crippen molar-refractivity contribution in [2.45, 2.75) is 47.0 Å². The molecular formula is C15H36N2O8P2S2. The molecule has 0 heterocycles. The number of hydrogen-bond donors (Lipinski definition) is 4. The molecule has 0 aromatic carbocycles. The molecule has 0 aliphatic carbocycles. The summed E-state index contributed by atoms with van der Waals surface area (Å²) in [4.78, 5) is 17.9. The molecule has 0 aliphatic heterocycles. The van der Waals surface area contributed by atoms with Gasteiger partial charge in [-0.15, -0.1) is 0 Å². The molecule has 4 atom stereocenters. The van der Waals surface area contributed by atoms with Crippen molar-refractivity contribution in [3.05, 3.63) is 0 Å². The van der Waals surface area contributed by atoms with Crippen LogP contribution in [0.1, 0.15) is 47.0 Å². The summed E-state index contributed by atoms with van der Waals surface area (Å²) < 4.78 is 55.7. The van der Waals surface area contributed by atoms with Crippen LogP contribution in [-0.2, 0) is 39.8 Å². The molecule has 4 unspecified atom stereocenters. The summed E-state index contributed by atoms with van der Waals surface area (Å²) in [6, 6.07) is 0. The van der Waals surface area contributed by atoms with E-state index in [1.54, 1.807) is 0 Å². The molecule has 0 fully saturated rings. The summed E-state index contributed by atoms with van der Waals surface area (Å²) in [5, 5.41) is 0. The van der Waals surface area contributed by atoms with Crippen molar-refractivity contribution in [1.29, 1.82) is 0 Å². The van der Waals surface area contributed by atoms with E-state index in [4.69, 9.17) is 29.8 Å². The second-order valence-corrected chi connectivity index (χ2v) is 14.7. The van der Waals surface area contributed by atoms with E-state index in [0.29, 0.717) is 42.3 Å². The Morgan fingerprint density at radius 1 is 0.759 bits per heavy atom. The van der Waals surface area contributed by atoms with Crippen LogP contribution in [0.5, 0.6) is 0 Å². The first-order valence-corrected chi connectivity index (χ1v) is 15.4. The average molecular weight is 499 g/mol. The Kier molecular flexibility index (Phi) is 12.8. The van der Waals surface area contributed by atoms with Crippen molar-refractivity contribution in [2.75, 3.05) is 36.2 Å². The summed E-state index contributed by atoms with van der Waals surface area (Å²) in [5.74, 6) is 1.67. The number of nitrogens with two attached hydrogens (primary N) is 2. The maximum atomic E-state index is 12.1. The van der Waals surface area contributed by atoms with E-state index < -0.39 is 47.9 Å². The minimum Gasteiger partial charge on any atom is -0.313 e. The van der Waals surface area contributed by atoms with E-state index >= 15 is 0 Å². The Bertz CT molecular complexity index is 594. The molecule has 10 nitrogen and oxygen atoms in total. The predicted octanol–water partition coefficient (Wildman–Crippen LogP) is 1.86. The largest absolute Gasteiger partial charge is 0.400 e. The third kappa shape index (κ3) is 19.0. The zero-order chi connectivity index (χ0) is 22.9. The second kappa shape index (κ2) is 12.5. The highest BCUT2D eigenvalue weighted by atomic mass is 32.2. The lowest BCUT2D eigenvalue weighted by Crippen LogP contribution is -2.23. The van der Waals surface area contributed by atoms with Crippen LogP contribution >= 0.6 is 15.5 Å². The molecule has 0 saturated heterocycles. The SMILES string of the molecule is CC(C)(CCS(=O)CCCS(=O)CCC(C)(C)COP(N)(=O)O)COP(N)(=O)O. The topological polar surface area (TPSA) is 179 Å². The predicted molar refractivity (Wildman–Crippen MR) is 117 cm³/mol. The Balaban J connectivity index is 4.08. The van der Waals surface area contributed by atoms with Gasteiger partial charge in [-0.25, -0.2) is 20.1 Å². The van der Waals surface area contributed by atoms with Gasteiger partial charge in [0.05, 0.1) is 13.2 Å². The molecule has 0 bridgehead atoms. The van der Waals surface area contributed by atoms with Crippen LogP contribution in [-0.4, -0.2) is 54.4 Å². The molecule has 6 N–H and O–H groups in total. The first kappa shape index (κ1) is 29.5. The molecule has 0 saturated carbocycles. The summed E-state index contributed by atoms with van der Waals surface area (Å²) in [6.07, 6.45) is 1.62. The lowest BCUT2D eigenvalue weighted by atomic mass is 9.92. The van der Waals surface area contributed by atoms with Crippen LogP contribution in [0.2, 0.25) is 0 Å². The van der Waals surface area contributed by atoms with Crippen molar-refractivity contribution in [1.82, 2.24) is 0 Å². The van der Waals surface area contributed by atoms with Gasteiger partial charge in [0, 0.05) is 44.6 Å². The van der Waals surface area contributed by atoms with E-state index in [-0.39, 0.29) is 13.2 Å². The van der Waals surface area contributed by atoms with Gasteiger partial charge >= 0.3 is 15.5 Å². The monoisotopic (exact) mass is 498 g/mol. The Hall–Kier alpha value is 0.520. The second-order valence-electron chi connectivity index (χ2n) is 8.55. The van der Waals surface area contributed by atoms with E-state index in [2.05, 4.69) is 0 Å². The van der Waals surface area contributed by atoms with Crippen LogP contribution in [0.4, 0.5) is 0 Å². The highest BCUT2D eigenvalue weighted by Crippen LogP contribution is 2.36. The number of rotatable bonds is 16. The standard InChI is InChI=1S/C15H36N2O8P2S2/c1-14(2,12-24-26(16,18)19)6-10-28(22)8-5-9-29(23)11-7-15(3,4)13-25-27(17,20)21/h5-13H2,1-4H3,(H3,16,18,19)(H3,17,20,21). The summed E-state index contributed by atoms with van der Waals surface area (Å²) in [6.45, 7) is 7.32. The van der Waals surface area contributed by atoms with Gasteiger partial charge in [-0.1, -0.05) is 27.7 Å². The van der Waals surface area contributed by atoms with Crippen molar-refractivity contribution in [3.8, 4) is 0 Å². The van der Waals surface area contributed by atoms with E-state index in [1.165, 1.54) is 0 Å². The van der Waals surface area contributed by atoms with Crippen molar-refractivity contribution < 1.29 is 36.4 Å². The molecule has 0 rings (SSSR count). The maximum Gasteiger partial charge on any atom is 0.400 e. The molecule has 0 aliphatic rings. The van der Waals surface area contributed by atoms with Crippen molar-refractivity contribution in [3.63, 3.8) is 0 Å². The van der Waals surface area contributed by atoms with Gasteiger partial charge in [-0.3, -0.25) is 17.5 Å². The highest BCUT2D eigenvalue weighted by molar-refractivity contribution is 7.85. The van der Waals surface area contributed by atoms with Crippen LogP contribution in [0.3, 0.4) is 0 Å². The fraction of sp³-hybridized carbons (Fsp3) is 1.00. The summed E-state index contributed by atoms with van der Waals surface area (Å²) in [7, 11) is -10.2. The first-order valence-electron chi connectivity index (χ1n) is 9.13. The van der Waals surface area contributed by atoms with E-state index in [0.717, 1.165) is 0 Å². The number of hydrogen-bond acceptors (Lipinski definition) is 6. The van der Waals surface area contributed by atoms with Gasteiger partial charge < -0.3 is 9.79 Å². The lowest BCUT2D eigenvalue weighted by Gasteiger charge is -2.24. The minimum atomic E-state index is -4.02. The molecule has 0 spiro atoms. The molecule has 0 aromatic heterocycles. The van der Waals surface area contributed by atoms with Gasteiger partial charge in [0.15, 0.2) is 0 Å². The quantitative estimate of drug-likeness (QED) is 0.229. The lowest BCUT2D eigenvalue weighted by molar-refractivity contribution is 0.157. The first-order chi connectivity index (χ1) is 12.9. The average Bonchev–Trinajstić information content (AvgIpc) is 2.54. The van der Waals surface area contributed by atoms with Crippen molar-refractivity contribution in [2.24, 2.45) is 21.8 Å². The third-order valence-electron chi connectivity index (χ3n) is 4.04. The smallest absolute Gasteiger partial charge is 0.313 e. The van der Waals surface area contributed by atoms with Gasteiger partial charge in [-0.2, -0.15) is 0 Å². The van der Waals surface area contributed by atoms with Crippen LogP contribution in [0, 0.1) is 10.8 Å². The Labute approximate surface area is 178 Å². The fourth-order valence-electron chi connectivity index (χ4n) is 2.04. The fourth-order valence-corrected chi connectivity index (χ4v) is 6.20. The van der Waals surface area contributed by atoms with Crippen molar-refractivity contribution >= 4 is 37.1 Å². The van der Waals surface area contributed by atoms with Gasteiger partial charge in [0.1, 0.15) is 0 Å². The Morgan fingerprint density at radius 3 is 1.34 bits per heavy atom. The minimum absolute atomic E-state index is 0.00606. The molecule has 14 heteroatoms. The highest BCUT2D eigenvalue weighted by Gasteiger charge is 2.25. The zero-order valence-corrected chi connectivity index (χ0v) is 21.0. The zero-order valence-electron chi connectivity index (χ0n) is 17.6. The molecule has 29 heavy (non-hydrogen) atoms. The van der Waals surface area contributed by atoms with Gasteiger partial charge in [0.25, 0.3) is 0 Å². The van der Waals surface area contributed by atoms with Crippen LogP contribution < -0.4 is 11.0 Å². The molecular weight excluding hydrogens is 462 g/mol. The van der Waals surface area contributed by atoms with Crippen LogP contribution in [0.25, 0.3) is 0 Å². The summed E-state index contributed by atoms with van der Waals surface area (Å²) in [5.41, 5.74) is 9.01. The normalized spacial score (nSPS) is 19.3. The molecule has 0 radical (unpaired) electrons. The van der Waals surface area contributed by atoms with Crippen LogP contribution in [0.15, 0.2) is 0 Å². The molecule has 0 amide bonds. The van der Waals surface area contributed by atoms with E-state index in [9.17, 15) is 17.5 Å². The Morgan fingerprint density at radius 2 is 1.07 bits per heavy atom. The third-order valence-corrected chi connectivity index (χ3v) is 7.84. The van der Waals surface area contributed by atoms with E-state index in [1.807, 2.05) is 27.7 Å².